The first-order valence-corrected chi connectivity index (χ1v) is 9.73. The summed E-state index contributed by atoms with van der Waals surface area (Å²) in [4.78, 5) is 26.0. The molecule has 0 saturated carbocycles. The minimum atomic E-state index is -0.242. The van der Waals surface area contributed by atoms with Crippen LogP contribution in [0.15, 0.2) is 22.7 Å². The van der Waals surface area contributed by atoms with Crippen LogP contribution >= 0.6 is 0 Å². The van der Waals surface area contributed by atoms with Crippen molar-refractivity contribution in [2.45, 2.75) is 39.2 Å². The zero-order valence-electron chi connectivity index (χ0n) is 16.0. The lowest BCUT2D eigenvalue weighted by Gasteiger charge is -2.32. The van der Waals surface area contributed by atoms with Gasteiger partial charge in [-0.05, 0) is 37.5 Å². The van der Waals surface area contributed by atoms with Crippen LogP contribution in [0.2, 0.25) is 0 Å². The van der Waals surface area contributed by atoms with Crippen LogP contribution in [-0.4, -0.2) is 53.6 Å². The molecule has 2 saturated heterocycles. The van der Waals surface area contributed by atoms with Crippen molar-refractivity contribution in [1.29, 1.82) is 0 Å². The Morgan fingerprint density at radius 1 is 1.30 bits per heavy atom. The highest BCUT2D eigenvalue weighted by Gasteiger charge is 2.29. The zero-order chi connectivity index (χ0) is 18.8. The van der Waals surface area contributed by atoms with Crippen molar-refractivity contribution in [2.75, 3.05) is 37.7 Å². The third-order valence-electron chi connectivity index (χ3n) is 5.29. The first-order valence-electron chi connectivity index (χ1n) is 9.73. The molecular formula is C20H26N4O3. The largest absolute Gasteiger partial charge is 0.456 e. The summed E-state index contributed by atoms with van der Waals surface area (Å²) >= 11 is 0. The molecule has 7 heteroatoms. The second kappa shape index (κ2) is 7.68. The molecule has 1 amide bonds. The van der Waals surface area contributed by atoms with Crippen molar-refractivity contribution < 1.29 is 13.9 Å². The number of rotatable bonds is 4. The molecule has 2 aromatic heterocycles. The van der Waals surface area contributed by atoms with Crippen molar-refractivity contribution in [3.63, 3.8) is 0 Å². The quantitative estimate of drug-likeness (QED) is 0.824. The van der Waals surface area contributed by atoms with E-state index in [-0.39, 0.29) is 12.0 Å². The van der Waals surface area contributed by atoms with Crippen LogP contribution in [0.25, 0.3) is 0 Å². The van der Waals surface area contributed by atoms with E-state index in [1.165, 1.54) is 12.8 Å². The number of carbonyl (C=O) groups excluding carboxylic acids is 1. The number of nitrogens with zero attached hydrogens (tertiary/aromatic N) is 4. The summed E-state index contributed by atoms with van der Waals surface area (Å²) in [5.41, 5.74) is 1.85. The Labute approximate surface area is 159 Å². The van der Waals surface area contributed by atoms with Gasteiger partial charge in [-0.1, -0.05) is 6.92 Å². The van der Waals surface area contributed by atoms with Crippen molar-refractivity contribution >= 4 is 11.9 Å². The average molecular weight is 370 g/mol. The summed E-state index contributed by atoms with van der Waals surface area (Å²) in [6.07, 6.45) is 4.68. The third kappa shape index (κ3) is 3.69. The SMILES string of the molecule is CCc1oc(C(=O)N2CCO[C@H](c3ccnc(N4CCCC4)n3)C2)cc1C. The van der Waals surface area contributed by atoms with Gasteiger partial charge in [0.25, 0.3) is 5.91 Å². The standard InChI is InChI=1S/C20H26N4O3/c1-3-16-14(2)12-17(27-16)19(25)24-10-11-26-18(13-24)15-6-7-21-20(22-15)23-8-4-5-9-23/h6-7,12,18H,3-5,8-11,13H2,1-2H3/t18-/m0/s1. The van der Waals surface area contributed by atoms with Crippen LogP contribution in [0.3, 0.4) is 0 Å². The maximum Gasteiger partial charge on any atom is 0.289 e. The number of carbonyl (C=O) groups is 1. The number of aryl methyl sites for hydroxylation is 2. The number of ether oxygens (including phenoxy) is 1. The van der Waals surface area contributed by atoms with Gasteiger partial charge in [-0.15, -0.1) is 0 Å². The molecule has 0 N–H and O–H groups in total. The maximum absolute atomic E-state index is 12.9. The van der Waals surface area contributed by atoms with Gasteiger partial charge < -0.3 is 19.0 Å². The Bertz CT molecular complexity index is 813. The number of hydrogen-bond donors (Lipinski definition) is 0. The molecule has 0 unspecified atom stereocenters. The molecule has 1 atom stereocenters. The highest BCUT2D eigenvalue weighted by Crippen LogP contribution is 2.25. The molecule has 0 radical (unpaired) electrons. The second-order valence-corrected chi connectivity index (χ2v) is 7.16. The van der Waals surface area contributed by atoms with E-state index in [1.54, 1.807) is 11.1 Å². The molecule has 27 heavy (non-hydrogen) atoms. The predicted molar refractivity (Wildman–Crippen MR) is 101 cm³/mol. The van der Waals surface area contributed by atoms with Gasteiger partial charge in [-0.2, -0.15) is 0 Å². The summed E-state index contributed by atoms with van der Waals surface area (Å²) in [6, 6.07) is 3.71. The fourth-order valence-corrected chi connectivity index (χ4v) is 3.76. The van der Waals surface area contributed by atoms with E-state index in [4.69, 9.17) is 14.1 Å². The number of amides is 1. The molecule has 144 valence electrons. The first kappa shape index (κ1) is 18.0. The van der Waals surface area contributed by atoms with Crippen LogP contribution in [0.5, 0.6) is 0 Å². The fourth-order valence-electron chi connectivity index (χ4n) is 3.76. The van der Waals surface area contributed by atoms with Gasteiger partial charge in [0.15, 0.2) is 5.76 Å². The molecule has 0 spiro atoms. The van der Waals surface area contributed by atoms with Crippen LogP contribution < -0.4 is 4.90 Å². The lowest BCUT2D eigenvalue weighted by Crippen LogP contribution is -2.42. The Kier molecular flexibility index (Phi) is 5.11. The molecule has 4 heterocycles. The summed E-state index contributed by atoms with van der Waals surface area (Å²) in [5.74, 6) is 1.95. The van der Waals surface area contributed by atoms with Crippen LogP contribution in [0.1, 0.15) is 53.4 Å². The van der Waals surface area contributed by atoms with Crippen LogP contribution in [-0.2, 0) is 11.2 Å². The van der Waals surface area contributed by atoms with Gasteiger partial charge in [0, 0.05) is 32.3 Å². The zero-order valence-corrected chi connectivity index (χ0v) is 16.0. The van der Waals surface area contributed by atoms with E-state index in [2.05, 4.69) is 9.88 Å². The molecule has 0 bridgehead atoms. The molecule has 0 aromatic carbocycles. The molecule has 2 aliphatic rings. The Morgan fingerprint density at radius 3 is 2.85 bits per heavy atom. The number of morpholine rings is 1. The van der Waals surface area contributed by atoms with E-state index >= 15 is 0 Å². The monoisotopic (exact) mass is 370 g/mol. The molecule has 2 aromatic rings. The molecule has 4 rings (SSSR count). The smallest absolute Gasteiger partial charge is 0.289 e. The summed E-state index contributed by atoms with van der Waals surface area (Å²) in [7, 11) is 0. The molecular weight excluding hydrogens is 344 g/mol. The minimum absolute atomic E-state index is 0.0834. The fraction of sp³-hybridized carbons (Fsp3) is 0.550. The number of aromatic nitrogens is 2. The van der Waals surface area contributed by atoms with Gasteiger partial charge in [-0.3, -0.25) is 4.79 Å². The number of furan rings is 1. The Hall–Kier alpha value is -2.41. The summed E-state index contributed by atoms with van der Waals surface area (Å²) in [6.45, 7) is 7.51. The highest BCUT2D eigenvalue weighted by atomic mass is 16.5. The van der Waals surface area contributed by atoms with Gasteiger partial charge >= 0.3 is 0 Å². The highest BCUT2D eigenvalue weighted by molar-refractivity contribution is 5.92. The molecule has 2 aliphatic heterocycles. The second-order valence-electron chi connectivity index (χ2n) is 7.16. The number of anilines is 1. The minimum Gasteiger partial charge on any atom is -0.456 e. The van der Waals surface area contributed by atoms with Crippen LogP contribution in [0.4, 0.5) is 5.95 Å². The van der Waals surface area contributed by atoms with Crippen molar-refractivity contribution in [3.8, 4) is 0 Å². The molecule has 2 fully saturated rings. The lowest BCUT2D eigenvalue weighted by molar-refractivity contribution is -0.0257. The molecule has 0 aliphatic carbocycles. The van der Waals surface area contributed by atoms with Crippen molar-refractivity contribution in [2.24, 2.45) is 0 Å². The van der Waals surface area contributed by atoms with E-state index < -0.39 is 0 Å². The normalized spacial score (nSPS) is 20.3. The summed E-state index contributed by atoms with van der Waals surface area (Å²) in [5, 5.41) is 0. The third-order valence-corrected chi connectivity index (χ3v) is 5.29. The Morgan fingerprint density at radius 2 is 2.11 bits per heavy atom. The molecule has 7 nitrogen and oxygen atoms in total. The van der Waals surface area contributed by atoms with E-state index in [0.717, 1.165) is 42.5 Å². The average Bonchev–Trinajstić information content (AvgIpc) is 3.37. The lowest BCUT2D eigenvalue weighted by atomic mass is 10.2. The first-order chi connectivity index (χ1) is 13.2. The summed E-state index contributed by atoms with van der Waals surface area (Å²) < 4.78 is 11.7. The maximum atomic E-state index is 12.9. The van der Waals surface area contributed by atoms with Crippen LogP contribution in [0, 0.1) is 6.92 Å². The van der Waals surface area contributed by atoms with Crippen molar-refractivity contribution in [1.82, 2.24) is 14.9 Å². The van der Waals surface area contributed by atoms with Crippen molar-refractivity contribution in [3.05, 3.63) is 41.1 Å². The van der Waals surface area contributed by atoms with Gasteiger partial charge in [-0.25, -0.2) is 9.97 Å². The predicted octanol–water partition coefficient (Wildman–Crippen LogP) is 2.75. The van der Waals surface area contributed by atoms with E-state index in [0.29, 0.717) is 25.5 Å². The van der Waals surface area contributed by atoms with E-state index in [1.807, 2.05) is 26.0 Å². The topological polar surface area (TPSA) is 71.7 Å². The van der Waals surface area contributed by atoms with Gasteiger partial charge in [0.1, 0.15) is 11.9 Å². The number of hydrogen-bond acceptors (Lipinski definition) is 6. The van der Waals surface area contributed by atoms with Gasteiger partial charge in [0.2, 0.25) is 5.95 Å². The van der Waals surface area contributed by atoms with Gasteiger partial charge in [0.05, 0.1) is 18.8 Å². The Balaban J connectivity index is 1.49. The van der Waals surface area contributed by atoms with E-state index in [9.17, 15) is 4.79 Å².